The van der Waals surface area contributed by atoms with Gasteiger partial charge in [0.15, 0.2) is 17.5 Å². The lowest BCUT2D eigenvalue weighted by Gasteiger charge is -2.26. The number of benzene rings is 1. The summed E-state index contributed by atoms with van der Waals surface area (Å²) in [5, 5.41) is 10.0. The average Bonchev–Trinajstić information content (AvgIpc) is 2.32. The van der Waals surface area contributed by atoms with Crippen LogP contribution in [0.5, 0.6) is 0 Å². The molecule has 2 atom stereocenters. The van der Waals surface area contributed by atoms with E-state index in [0.717, 1.165) is 12.1 Å². The summed E-state index contributed by atoms with van der Waals surface area (Å²) in [6.45, 7) is 5.66. The lowest BCUT2D eigenvalue weighted by atomic mass is 9.95. The Balaban J connectivity index is 3.09. The monoisotopic (exact) mass is 262 g/mol. The highest BCUT2D eigenvalue weighted by atomic mass is 19.2. The predicted molar refractivity (Wildman–Crippen MR) is 61.5 cm³/mol. The summed E-state index contributed by atoms with van der Waals surface area (Å²) in [7, 11) is 0. The molecule has 1 aromatic rings. The summed E-state index contributed by atoms with van der Waals surface area (Å²) < 4.78 is 44.8. The van der Waals surface area contributed by atoms with Gasteiger partial charge in [-0.05, 0) is 18.9 Å². The Morgan fingerprint density at radius 3 is 2.28 bits per heavy atom. The van der Waals surface area contributed by atoms with Gasteiger partial charge < -0.3 is 9.84 Å². The van der Waals surface area contributed by atoms with Gasteiger partial charge in [-0.2, -0.15) is 0 Å². The second-order valence-electron chi connectivity index (χ2n) is 4.37. The van der Waals surface area contributed by atoms with Gasteiger partial charge in [0.25, 0.3) is 0 Å². The zero-order chi connectivity index (χ0) is 13.9. The predicted octanol–water partition coefficient (Wildman–Crippen LogP) is 3.20. The van der Waals surface area contributed by atoms with Crippen molar-refractivity contribution in [2.24, 2.45) is 5.92 Å². The molecule has 2 unspecified atom stereocenters. The van der Waals surface area contributed by atoms with Crippen molar-refractivity contribution >= 4 is 0 Å². The third-order valence-electron chi connectivity index (χ3n) is 2.71. The SMILES string of the molecule is CCOC(C(C)C)C(O)c1ccc(F)c(F)c1F. The summed E-state index contributed by atoms with van der Waals surface area (Å²) in [6.07, 6.45) is -2.01. The van der Waals surface area contributed by atoms with Crippen LogP contribution in [-0.2, 0) is 4.74 Å². The van der Waals surface area contributed by atoms with E-state index in [1.807, 2.05) is 0 Å². The van der Waals surface area contributed by atoms with Crippen LogP contribution in [-0.4, -0.2) is 17.8 Å². The van der Waals surface area contributed by atoms with Crippen molar-refractivity contribution in [3.05, 3.63) is 35.1 Å². The van der Waals surface area contributed by atoms with Gasteiger partial charge in [0, 0.05) is 12.2 Å². The van der Waals surface area contributed by atoms with Crippen LogP contribution in [0, 0.1) is 23.4 Å². The molecule has 0 aliphatic rings. The summed E-state index contributed by atoms with van der Waals surface area (Å²) >= 11 is 0. The maximum absolute atomic E-state index is 13.5. The molecule has 5 heteroatoms. The van der Waals surface area contributed by atoms with Crippen LogP contribution < -0.4 is 0 Å². The lowest BCUT2D eigenvalue weighted by molar-refractivity contribution is -0.0599. The van der Waals surface area contributed by atoms with E-state index in [4.69, 9.17) is 4.74 Å². The summed E-state index contributed by atoms with van der Waals surface area (Å²) in [6, 6.07) is 1.83. The minimum absolute atomic E-state index is 0.0903. The van der Waals surface area contributed by atoms with Crippen molar-refractivity contribution in [1.29, 1.82) is 0 Å². The highest BCUT2D eigenvalue weighted by Crippen LogP contribution is 2.28. The van der Waals surface area contributed by atoms with Crippen molar-refractivity contribution < 1.29 is 23.0 Å². The van der Waals surface area contributed by atoms with Crippen molar-refractivity contribution in [3.8, 4) is 0 Å². The molecule has 0 saturated heterocycles. The normalized spacial score (nSPS) is 14.9. The molecule has 102 valence electrons. The number of rotatable bonds is 5. The van der Waals surface area contributed by atoms with Crippen LogP contribution in [0.15, 0.2) is 12.1 Å². The van der Waals surface area contributed by atoms with Crippen molar-refractivity contribution in [1.82, 2.24) is 0 Å². The molecule has 0 bridgehead atoms. The molecule has 0 saturated carbocycles. The molecule has 0 aliphatic heterocycles. The number of ether oxygens (including phenoxy) is 1. The van der Waals surface area contributed by atoms with Crippen molar-refractivity contribution in [3.63, 3.8) is 0 Å². The van der Waals surface area contributed by atoms with E-state index in [2.05, 4.69) is 0 Å². The minimum Gasteiger partial charge on any atom is -0.386 e. The maximum atomic E-state index is 13.5. The van der Waals surface area contributed by atoms with Gasteiger partial charge in [-0.25, -0.2) is 13.2 Å². The fraction of sp³-hybridized carbons (Fsp3) is 0.538. The zero-order valence-electron chi connectivity index (χ0n) is 10.6. The topological polar surface area (TPSA) is 29.5 Å². The fourth-order valence-electron chi connectivity index (χ4n) is 1.79. The number of aliphatic hydroxyl groups excluding tert-OH is 1. The lowest BCUT2D eigenvalue weighted by Crippen LogP contribution is -2.28. The fourth-order valence-corrected chi connectivity index (χ4v) is 1.79. The van der Waals surface area contributed by atoms with Gasteiger partial charge in [-0.3, -0.25) is 0 Å². The summed E-state index contributed by atoms with van der Waals surface area (Å²) in [5.41, 5.74) is -0.291. The van der Waals surface area contributed by atoms with E-state index in [1.165, 1.54) is 0 Å². The van der Waals surface area contributed by atoms with E-state index in [1.54, 1.807) is 20.8 Å². The quantitative estimate of drug-likeness (QED) is 0.826. The van der Waals surface area contributed by atoms with Gasteiger partial charge in [0.05, 0.1) is 6.10 Å². The smallest absolute Gasteiger partial charge is 0.194 e. The molecular weight excluding hydrogens is 245 g/mol. The number of hydrogen-bond acceptors (Lipinski definition) is 2. The standard InChI is InChI=1S/C13H17F3O2/c1-4-18-13(7(2)3)12(17)8-5-6-9(14)11(16)10(8)15/h5-7,12-13,17H,4H2,1-3H3. The molecule has 2 nitrogen and oxygen atoms in total. The van der Waals surface area contributed by atoms with Crippen LogP contribution >= 0.6 is 0 Å². The molecule has 1 aromatic carbocycles. The van der Waals surface area contributed by atoms with E-state index >= 15 is 0 Å². The molecule has 0 amide bonds. The first kappa shape index (κ1) is 15.0. The Bertz CT molecular complexity index is 407. The summed E-state index contributed by atoms with van der Waals surface area (Å²) in [5.74, 6) is -4.31. The van der Waals surface area contributed by atoms with E-state index in [0.29, 0.717) is 6.61 Å². The second-order valence-corrected chi connectivity index (χ2v) is 4.37. The van der Waals surface area contributed by atoms with Crippen LogP contribution in [0.3, 0.4) is 0 Å². The number of hydrogen-bond donors (Lipinski definition) is 1. The second kappa shape index (κ2) is 6.20. The van der Waals surface area contributed by atoms with Crippen LogP contribution in [0.25, 0.3) is 0 Å². The molecule has 0 aliphatic carbocycles. The first-order chi connectivity index (χ1) is 8.40. The first-order valence-electron chi connectivity index (χ1n) is 5.83. The van der Waals surface area contributed by atoms with E-state index in [9.17, 15) is 18.3 Å². The van der Waals surface area contributed by atoms with Crippen molar-refractivity contribution in [2.75, 3.05) is 6.61 Å². The van der Waals surface area contributed by atoms with Gasteiger partial charge in [0.1, 0.15) is 6.10 Å². The molecule has 18 heavy (non-hydrogen) atoms. The Morgan fingerprint density at radius 2 is 1.78 bits per heavy atom. The minimum atomic E-state index is -1.58. The maximum Gasteiger partial charge on any atom is 0.194 e. The van der Waals surface area contributed by atoms with Gasteiger partial charge in [-0.15, -0.1) is 0 Å². The highest BCUT2D eigenvalue weighted by molar-refractivity contribution is 5.23. The van der Waals surface area contributed by atoms with Crippen LogP contribution in [0.4, 0.5) is 13.2 Å². The van der Waals surface area contributed by atoms with Gasteiger partial charge >= 0.3 is 0 Å². The van der Waals surface area contributed by atoms with Crippen LogP contribution in [0.1, 0.15) is 32.4 Å². The molecule has 1 rings (SSSR count). The molecule has 0 aromatic heterocycles. The largest absolute Gasteiger partial charge is 0.386 e. The van der Waals surface area contributed by atoms with Gasteiger partial charge in [0.2, 0.25) is 0 Å². The molecule has 0 fully saturated rings. The third-order valence-corrected chi connectivity index (χ3v) is 2.71. The molecule has 0 radical (unpaired) electrons. The summed E-state index contributed by atoms with van der Waals surface area (Å²) in [4.78, 5) is 0. The molecular formula is C13H17F3O2. The average molecular weight is 262 g/mol. The van der Waals surface area contributed by atoms with Crippen molar-refractivity contribution in [2.45, 2.75) is 33.0 Å². The Hall–Kier alpha value is -1.07. The number of halogens is 3. The Morgan fingerprint density at radius 1 is 1.17 bits per heavy atom. The third kappa shape index (κ3) is 3.03. The number of aliphatic hydroxyl groups is 1. The Kier molecular flexibility index (Phi) is 5.16. The zero-order valence-corrected chi connectivity index (χ0v) is 10.6. The first-order valence-corrected chi connectivity index (χ1v) is 5.83. The van der Waals surface area contributed by atoms with Crippen LogP contribution in [0.2, 0.25) is 0 Å². The van der Waals surface area contributed by atoms with E-state index in [-0.39, 0.29) is 11.5 Å². The highest BCUT2D eigenvalue weighted by Gasteiger charge is 2.28. The Labute approximate surface area is 104 Å². The molecule has 0 heterocycles. The van der Waals surface area contributed by atoms with Gasteiger partial charge in [-0.1, -0.05) is 19.9 Å². The van der Waals surface area contributed by atoms with E-state index < -0.39 is 29.7 Å². The molecule has 1 N–H and O–H groups in total. The molecule has 0 spiro atoms.